The zero-order valence-corrected chi connectivity index (χ0v) is 12.7. The third-order valence-corrected chi connectivity index (χ3v) is 3.64. The second-order valence-corrected chi connectivity index (χ2v) is 5.33. The number of carbonyl (C=O) groups excluding carboxylic acids is 1. The van der Waals surface area contributed by atoms with Crippen molar-refractivity contribution in [1.29, 1.82) is 0 Å². The first-order chi connectivity index (χ1) is 9.47. The number of aryl methyl sites for hydroxylation is 1. The van der Waals surface area contributed by atoms with Gasteiger partial charge < -0.3 is 9.30 Å². The van der Waals surface area contributed by atoms with Crippen molar-refractivity contribution in [3.8, 4) is 5.69 Å². The molecule has 3 heteroatoms. The van der Waals surface area contributed by atoms with E-state index in [0.29, 0.717) is 11.5 Å². The molecule has 2 aromatic rings. The summed E-state index contributed by atoms with van der Waals surface area (Å²) >= 11 is 0. The Morgan fingerprint density at radius 3 is 2.45 bits per heavy atom. The summed E-state index contributed by atoms with van der Waals surface area (Å²) in [4.78, 5) is 11.8. The Morgan fingerprint density at radius 2 is 1.85 bits per heavy atom. The Labute approximate surface area is 120 Å². The van der Waals surface area contributed by atoms with E-state index in [0.717, 1.165) is 17.1 Å². The topological polar surface area (TPSA) is 31.2 Å². The molecular formula is C17H21NO2. The maximum absolute atomic E-state index is 11.8. The third kappa shape index (κ3) is 2.36. The number of carbonyl (C=O) groups is 1. The largest absolute Gasteiger partial charge is 0.465 e. The average molecular weight is 271 g/mol. The molecule has 0 amide bonds. The Balaban J connectivity index is 2.65. The summed E-state index contributed by atoms with van der Waals surface area (Å²) in [5.41, 5.74) is 4.99. The van der Waals surface area contributed by atoms with Gasteiger partial charge in [-0.1, -0.05) is 32.0 Å². The van der Waals surface area contributed by atoms with Crippen molar-refractivity contribution in [2.45, 2.75) is 33.6 Å². The fourth-order valence-corrected chi connectivity index (χ4v) is 2.63. The van der Waals surface area contributed by atoms with Gasteiger partial charge in [0.1, 0.15) is 0 Å². The van der Waals surface area contributed by atoms with Gasteiger partial charge in [0.25, 0.3) is 0 Å². The van der Waals surface area contributed by atoms with Gasteiger partial charge in [0.2, 0.25) is 0 Å². The SMILES string of the molecule is COC(=O)c1cc(C)n(-c2ccccc2C(C)C)c1C. The molecule has 0 bridgehead atoms. The van der Waals surface area contributed by atoms with Gasteiger partial charge in [-0.15, -0.1) is 0 Å². The predicted octanol–water partition coefficient (Wildman–Crippen LogP) is 4.00. The van der Waals surface area contributed by atoms with Crippen molar-refractivity contribution >= 4 is 5.97 Å². The number of esters is 1. The van der Waals surface area contributed by atoms with E-state index >= 15 is 0 Å². The second-order valence-electron chi connectivity index (χ2n) is 5.33. The lowest BCUT2D eigenvalue weighted by Crippen LogP contribution is -2.07. The van der Waals surface area contributed by atoms with Gasteiger partial charge in [-0.25, -0.2) is 4.79 Å². The molecule has 2 rings (SSSR count). The molecule has 106 valence electrons. The van der Waals surface area contributed by atoms with Crippen molar-refractivity contribution in [3.63, 3.8) is 0 Å². The van der Waals surface area contributed by atoms with E-state index in [1.807, 2.05) is 32.0 Å². The number of nitrogens with zero attached hydrogens (tertiary/aromatic N) is 1. The number of para-hydroxylation sites is 1. The number of rotatable bonds is 3. The highest BCUT2D eigenvalue weighted by Crippen LogP contribution is 2.27. The van der Waals surface area contributed by atoms with Gasteiger partial charge in [-0.3, -0.25) is 0 Å². The smallest absolute Gasteiger partial charge is 0.339 e. The van der Waals surface area contributed by atoms with E-state index < -0.39 is 0 Å². The van der Waals surface area contributed by atoms with E-state index in [-0.39, 0.29) is 5.97 Å². The van der Waals surface area contributed by atoms with Crippen LogP contribution in [0.2, 0.25) is 0 Å². The van der Waals surface area contributed by atoms with Crippen LogP contribution in [0.25, 0.3) is 5.69 Å². The summed E-state index contributed by atoms with van der Waals surface area (Å²) < 4.78 is 6.97. The number of benzene rings is 1. The molecule has 0 aliphatic rings. The summed E-state index contributed by atoms with van der Waals surface area (Å²) in [6, 6.07) is 10.2. The van der Waals surface area contributed by atoms with Crippen LogP contribution in [0.3, 0.4) is 0 Å². The molecule has 0 atom stereocenters. The highest BCUT2D eigenvalue weighted by molar-refractivity contribution is 5.91. The lowest BCUT2D eigenvalue weighted by Gasteiger charge is -2.17. The number of ether oxygens (including phenoxy) is 1. The average Bonchev–Trinajstić information content (AvgIpc) is 2.73. The molecule has 0 aliphatic heterocycles. The fraction of sp³-hybridized carbons (Fsp3) is 0.353. The minimum absolute atomic E-state index is 0.286. The molecule has 3 nitrogen and oxygen atoms in total. The molecule has 0 spiro atoms. The third-order valence-electron chi connectivity index (χ3n) is 3.64. The van der Waals surface area contributed by atoms with Gasteiger partial charge in [0.05, 0.1) is 12.7 Å². The molecule has 0 aliphatic carbocycles. The highest BCUT2D eigenvalue weighted by atomic mass is 16.5. The van der Waals surface area contributed by atoms with E-state index in [9.17, 15) is 4.79 Å². The lowest BCUT2D eigenvalue weighted by molar-refractivity contribution is 0.0600. The number of aromatic nitrogens is 1. The molecule has 0 saturated carbocycles. The first kappa shape index (κ1) is 14.4. The van der Waals surface area contributed by atoms with Crippen LogP contribution < -0.4 is 0 Å². The molecule has 20 heavy (non-hydrogen) atoms. The Kier molecular flexibility index (Phi) is 3.98. The Morgan fingerprint density at radius 1 is 1.20 bits per heavy atom. The fourth-order valence-electron chi connectivity index (χ4n) is 2.63. The number of hydrogen-bond acceptors (Lipinski definition) is 2. The van der Waals surface area contributed by atoms with Gasteiger partial charge in [0, 0.05) is 17.1 Å². The first-order valence-corrected chi connectivity index (χ1v) is 6.84. The summed E-state index contributed by atoms with van der Waals surface area (Å²) in [7, 11) is 1.41. The number of methoxy groups -OCH3 is 1. The maximum atomic E-state index is 11.8. The summed E-state index contributed by atoms with van der Waals surface area (Å²) in [6.07, 6.45) is 0. The molecular weight excluding hydrogens is 250 g/mol. The monoisotopic (exact) mass is 271 g/mol. The Bertz CT molecular complexity index is 638. The predicted molar refractivity (Wildman–Crippen MR) is 80.7 cm³/mol. The normalized spacial score (nSPS) is 10.9. The zero-order chi connectivity index (χ0) is 14.9. The van der Waals surface area contributed by atoms with Crippen LogP contribution in [-0.2, 0) is 4.74 Å². The second kappa shape index (κ2) is 5.53. The van der Waals surface area contributed by atoms with Crippen molar-refractivity contribution in [2.75, 3.05) is 7.11 Å². The molecule has 0 radical (unpaired) electrons. The molecule has 1 heterocycles. The maximum Gasteiger partial charge on any atom is 0.339 e. The van der Waals surface area contributed by atoms with Crippen LogP contribution in [0, 0.1) is 13.8 Å². The van der Waals surface area contributed by atoms with Gasteiger partial charge in [-0.2, -0.15) is 0 Å². The lowest BCUT2D eigenvalue weighted by atomic mass is 10.0. The number of hydrogen-bond donors (Lipinski definition) is 0. The minimum atomic E-state index is -0.286. The first-order valence-electron chi connectivity index (χ1n) is 6.84. The van der Waals surface area contributed by atoms with Crippen LogP contribution in [-0.4, -0.2) is 17.6 Å². The van der Waals surface area contributed by atoms with E-state index in [4.69, 9.17) is 4.74 Å². The van der Waals surface area contributed by atoms with Crippen LogP contribution in [0.5, 0.6) is 0 Å². The molecule has 0 saturated heterocycles. The van der Waals surface area contributed by atoms with Crippen molar-refractivity contribution in [3.05, 3.63) is 52.8 Å². The summed E-state index contributed by atoms with van der Waals surface area (Å²) in [5, 5.41) is 0. The van der Waals surface area contributed by atoms with Gasteiger partial charge in [-0.05, 0) is 37.5 Å². The van der Waals surface area contributed by atoms with Crippen LogP contribution in [0.4, 0.5) is 0 Å². The van der Waals surface area contributed by atoms with Crippen molar-refractivity contribution in [2.24, 2.45) is 0 Å². The highest BCUT2D eigenvalue weighted by Gasteiger charge is 2.18. The standard InChI is InChI=1S/C17H21NO2/c1-11(2)14-8-6-7-9-16(14)18-12(3)10-15(13(18)4)17(19)20-5/h6-11H,1-5H3. The van der Waals surface area contributed by atoms with Crippen molar-refractivity contribution in [1.82, 2.24) is 4.57 Å². The molecule has 0 N–H and O–H groups in total. The molecule has 0 fully saturated rings. The molecule has 0 unspecified atom stereocenters. The van der Waals surface area contributed by atoms with Crippen LogP contribution >= 0.6 is 0 Å². The summed E-state index contributed by atoms with van der Waals surface area (Å²) in [6.45, 7) is 8.31. The Hall–Kier alpha value is -2.03. The molecule has 1 aromatic heterocycles. The van der Waals surface area contributed by atoms with E-state index in [1.54, 1.807) is 0 Å². The zero-order valence-electron chi connectivity index (χ0n) is 12.7. The van der Waals surface area contributed by atoms with Crippen LogP contribution in [0.1, 0.15) is 47.1 Å². The van der Waals surface area contributed by atoms with Crippen LogP contribution in [0.15, 0.2) is 30.3 Å². The van der Waals surface area contributed by atoms with Gasteiger partial charge in [0.15, 0.2) is 0 Å². The minimum Gasteiger partial charge on any atom is -0.465 e. The summed E-state index contributed by atoms with van der Waals surface area (Å²) in [5.74, 6) is 0.139. The van der Waals surface area contributed by atoms with E-state index in [2.05, 4.69) is 30.5 Å². The molecule has 1 aromatic carbocycles. The van der Waals surface area contributed by atoms with E-state index in [1.165, 1.54) is 12.7 Å². The van der Waals surface area contributed by atoms with Gasteiger partial charge >= 0.3 is 5.97 Å². The van der Waals surface area contributed by atoms with Crippen molar-refractivity contribution < 1.29 is 9.53 Å². The quantitative estimate of drug-likeness (QED) is 0.790.